The molecule has 1 unspecified atom stereocenters. The quantitative estimate of drug-likeness (QED) is 0.834. The molecule has 2 aromatic rings. The van der Waals surface area contributed by atoms with Crippen LogP contribution in [0.5, 0.6) is 5.75 Å². The van der Waals surface area contributed by atoms with Crippen LogP contribution in [0.3, 0.4) is 0 Å². The van der Waals surface area contributed by atoms with Crippen molar-refractivity contribution in [2.24, 2.45) is 0 Å². The average Bonchev–Trinajstić information content (AvgIpc) is 2.50. The molecule has 1 heterocycles. The van der Waals surface area contributed by atoms with Crippen LogP contribution in [-0.4, -0.2) is 18.1 Å². The lowest BCUT2D eigenvalue weighted by Crippen LogP contribution is -2.28. The van der Waals surface area contributed by atoms with Crippen molar-refractivity contribution in [1.29, 1.82) is 0 Å². The summed E-state index contributed by atoms with van der Waals surface area (Å²) in [6.07, 6.45) is 4.81. The molecule has 4 heteroatoms. The third-order valence-electron chi connectivity index (χ3n) is 3.33. The molecule has 0 bridgehead atoms. The fourth-order valence-corrected chi connectivity index (χ4v) is 2.25. The molecule has 1 atom stereocenters. The molecule has 0 aliphatic carbocycles. The molecule has 1 N–H and O–H groups in total. The van der Waals surface area contributed by atoms with Crippen LogP contribution in [0.1, 0.15) is 30.5 Å². The van der Waals surface area contributed by atoms with Crippen molar-refractivity contribution in [3.8, 4) is 5.75 Å². The number of pyridine rings is 1. The zero-order valence-corrected chi connectivity index (χ0v) is 13.2. The molecule has 0 saturated carbocycles. The molecule has 0 amide bonds. The summed E-state index contributed by atoms with van der Waals surface area (Å²) in [6.45, 7) is 5.76. The number of hydrogen-bond donors (Lipinski definition) is 1. The van der Waals surface area contributed by atoms with Crippen molar-refractivity contribution < 1.29 is 4.74 Å². The lowest BCUT2D eigenvalue weighted by atomic mass is 10.0. The minimum Gasteiger partial charge on any atom is -0.492 e. The fourth-order valence-electron chi connectivity index (χ4n) is 2.13. The van der Waals surface area contributed by atoms with Crippen LogP contribution >= 0.6 is 11.6 Å². The van der Waals surface area contributed by atoms with Crippen LogP contribution in [-0.2, 0) is 0 Å². The van der Waals surface area contributed by atoms with Crippen LogP contribution < -0.4 is 10.1 Å². The van der Waals surface area contributed by atoms with Gasteiger partial charge in [0.2, 0.25) is 0 Å². The van der Waals surface area contributed by atoms with Gasteiger partial charge in [0, 0.05) is 17.4 Å². The molecule has 0 spiro atoms. The maximum absolute atomic E-state index is 5.88. The van der Waals surface area contributed by atoms with E-state index >= 15 is 0 Å². The Hall–Kier alpha value is -1.58. The van der Waals surface area contributed by atoms with Crippen molar-refractivity contribution in [2.75, 3.05) is 13.2 Å². The lowest BCUT2D eigenvalue weighted by molar-refractivity contribution is 0.266. The molecule has 21 heavy (non-hydrogen) atoms. The molecule has 2 rings (SSSR count). The van der Waals surface area contributed by atoms with Crippen molar-refractivity contribution in [3.63, 3.8) is 0 Å². The Bertz CT molecular complexity index is 557. The predicted molar refractivity (Wildman–Crippen MR) is 87.0 cm³/mol. The van der Waals surface area contributed by atoms with Crippen LogP contribution in [0.2, 0.25) is 5.02 Å². The average molecular weight is 305 g/mol. The first-order valence-electron chi connectivity index (χ1n) is 7.23. The van der Waals surface area contributed by atoms with Crippen LogP contribution in [0.4, 0.5) is 0 Å². The molecule has 0 aliphatic rings. The van der Waals surface area contributed by atoms with Gasteiger partial charge in [-0.15, -0.1) is 0 Å². The van der Waals surface area contributed by atoms with Gasteiger partial charge in [-0.2, -0.15) is 0 Å². The number of hydrogen-bond acceptors (Lipinski definition) is 3. The van der Waals surface area contributed by atoms with E-state index in [2.05, 4.69) is 24.1 Å². The Labute approximate surface area is 131 Å². The van der Waals surface area contributed by atoms with Gasteiger partial charge in [-0.05, 0) is 61.3 Å². The van der Waals surface area contributed by atoms with E-state index < -0.39 is 0 Å². The van der Waals surface area contributed by atoms with Gasteiger partial charge in [0.25, 0.3) is 0 Å². The topological polar surface area (TPSA) is 34.1 Å². The molecule has 0 saturated heterocycles. The predicted octanol–water partition coefficient (Wildman–Crippen LogP) is 4.16. The van der Waals surface area contributed by atoms with Crippen LogP contribution in [0, 0.1) is 6.92 Å². The minimum atomic E-state index is 0.134. The second-order valence-corrected chi connectivity index (χ2v) is 5.44. The second kappa shape index (κ2) is 8.01. The zero-order valence-electron chi connectivity index (χ0n) is 12.5. The molecule has 0 fully saturated rings. The number of nitrogens with one attached hydrogen (secondary N) is 1. The van der Waals surface area contributed by atoms with Crippen molar-refractivity contribution >= 4 is 11.6 Å². The summed E-state index contributed by atoms with van der Waals surface area (Å²) in [5, 5.41) is 4.23. The van der Waals surface area contributed by atoms with E-state index in [4.69, 9.17) is 16.3 Å². The molecule has 0 radical (unpaired) electrons. The number of benzene rings is 1. The Balaban J connectivity index is 2.06. The smallest absolute Gasteiger partial charge is 0.119 e. The molecule has 112 valence electrons. The first-order chi connectivity index (χ1) is 10.2. The summed E-state index contributed by atoms with van der Waals surface area (Å²) < 4.78 is 5.88. The Kier molecular flexibility index (Phi) is 6.03. The summed E-state index contributed by atoms with van der Waals surface area (Å²) in [4.78, 5) is 4.23. The van der Waals surface area contributed by atoms with E-state index in [1.807, 2.05) is 42.7 Å². The molecule has 0 aliphatic heterocycles. The van der Waals surface area contributed by atoms with Crippen molar-refractivity contribution in [1.82, 2.24) is 10.3 Å². The highest BCUT2D eigenvalue weighted by atomic mass is 35.5. The zero-order chi connectivity index (χ0) is 15.1. The number of nitrogens with zero attached hydrogens (tertiary/aromatic N) is 1. The van der Waals surface area contributed by atoms with E-state index in [0.717, 1.165) is 18.7 Å². The maximum atomic E-state index is 5.88. The monoisotopic (exact) mass is 304 g/mol. The first-order valence-corrected chi connectivity index (χ1v) is 7.60. The summed E-state index contributed by atoms with van der Waals surface area (Å²) in [6, 6.07) is 9.60. The van der Waals surface area contributed by atoms with Gasteiger partial charge < -0.3 is 10.1 Å². The highest BCUT2D eigenvalue weighted by Gasteiger charge is 2.14. The Morgan fingerprint density at radius 1 is 1.24 bits per heavy atom. The van der Waals surface area contributed by atoms with E-state index in [1.165, 1.54) is 11.1 Å². The third-order valence-corrected chi connectivity index (χ3v) is 3.58. The van der Waals surface area contributed by atoms with Gasteiger partial charge in [-0.25, -0.2) is 0 Å². The summed E-state index contributed by atoms with van der Waals surface area (Å²) in [5.41, 5.74) is 2.40. The van der Waals surface area contributed by atoms with E-state index in [1.54, 1.807) is 0 Å². The van der Waals surface area contributed by atoms with Crippen LogP contribution in [0.25, 0.3) is 0 Å². The molecule has 1 aromatic heterocycles. The largest absolute Gasteiger partial charge is 0.492 e. The van der Waals surface area contributed by atoms with E-state index in [0.29, 0.717) is 11.6 Å². The standard InChI is InChI=1S/C17H21ClN2O/c1-3-9-20-17(16-11-19-10-8-13(16)2)12-21-15-6-4-14(18)5-7-15/h4-8,10-11,17,20H,3,9,12H2,1-2H3. The lowest BCUT2D eigenvalue weighted by Gasteiger charge is -2.21. The van der Waals surface area contributed by atoms with Crippen LogP contribution in [0.15, 0.2) is 42.7 Å². The van der Waals surface area contributed by atoms with Crippen molar-refractivity contribution in [3.05, 3.63) is 58.9 Å². The van der Waals surface area contributed by atoms with E-state index in [9.17, 15) is 0 Å². The third kappa shape index (κ3) is 4.73. The van der Waals surface area contributed by atoms with Gasteiger partial charge in [-0.1, -0.05) is 18.5 Å². The van der Waals surface area contributed by atoms with Gasteiger partial charge >= 0.3 is 0 Å². The minimum absolute atomic E-state index is 0.134. The first kappa shape index (κ1) is 15.8. The molecule has 3 nitrogen and oxygen atoms in total. The van der Waals surface area contributed by atoms with Gasteiger partial charge in [0.1, 0.15) is 12.4 Å². The highest BCUT2D eigenvalue weighted by molar-refractivity contribution is 6.30. The number of aryl methyl sites for hydroxylation is 1. The van der Waals surface area contributed by atoms with Gasteiger partial charge in [0.05, 0.1) is 6.04 Å². The Morgan fingerprint density at radius 2 is 2.00 bits per heavy atom. The SMILES string of the molecule is CCCNC(COc1ccc(Cl)cc1)c1cnccc1C. The summed E-state index contributed by atoms with van der Waals surface area (Å²) in [5.74, 6) is 0.823. The van der Waals surface area contributed by atoms with E-state index in [-0.39, 0.29) is 6.04 Å². The summed E-state index contributed by atoms with van der Waals surface area (Å²) in [7, 11) is 0. The second-order valence-electron chi connectivity index (χ2n) is 5.00. The maximum Gasteiger partial charge on any atom is 0.119 e. The number of halogens is 1. The van der Waals surface area contributed by atoms with Crippen molar-refractivity contribution in [2.45, 2.75) is 26.3 Å². The fraction of sp³-hybridized carbons (Fsp3) is 0.353. The normalized spacial score (nSPS) is 12.1. The molecular formula is C17H21ClN2O. The number of aromatic nitrogens is 1. The highest BCUT2D eigenvalue weighted by Crippen LogP contribution is 2.20. The number of rotatable bonds is 7. The van der Waals surface area contributed by atoms with Gasteiger partial charge in [-0.3, -0.25) is 4.98 Å². The Morgan fingerprint density at radius 3 is 2.67 bits per heavy atom. The van der Waals surface area contributed by atoms with Gasteiger partial charge in [0.15, 0.2) is 0 Å². The summed E-state index contributed by atoms with van der Waals surface area (Å²) >= 11 is 5.88. The molecule has 1 aromatic carbocycles. The molecular weight excluding hydrogens is 284 g/mol. The number of ether oxygens (including phenoxy) is 1.